The standard InChI is InChI=1S/C3H8O3.C3H6O2.C3H6O/c4-1-3(6)2-5;1-2-5-3-4-1;1-3(2)4/h3-6H,1-2H2;1-3H2;1-2H3. The first kappa shape index (κ1) is 16.9. The first-order valence-corrected chi connectivity index (χ1v) is 4.57. The zero-order valence-corrected chi connectivity index (χ0v) is 9.18. The Hall–Kier alpha value is -0.530. The molecule has 0 aromatic carbocycles. The minimum Gasteiger partial charge on any atom is -0.394 e. The molecule has 6 heteroatoms. The van der Waals surface area contributed by atoms with Crippen molar-refractivity contribution in [1.82, 2.24) is 0 Å². The van der Waals surface area contributed by atoms with Crippen LogP contribution in [0.3, 0.4) is 0 Å². The van der Waals surface area contributed by atoms with Crippen LogP contribution in [0.25, 0.3) is 0 Å². The van der Waals surface area contributed by atoms with E-state index >= 15 is 0 Å². The lowest BCUT2D eigenvalue weighted by Crippen LogP contribution is -2.15. The number of hydrogen-bond donors (Lipinski definition) is 3. The SMILES string of the molecule is C1COCO1.CC(C)=O.OCC(O)CO. The smallest absolute Gasteiger partial charge is 0.146 e. The lowest BCUT2D eigenvalue weighted by molar-refractivity contribution is -0.114. The van der Waals surface area contributed by atoms with Crippen LogP contribution in [0.5, 0.6) is 0 Å². The Balaban J connectivity index is 0. The number of hydrogen-bond acceptors (Lipinski definition) is 6. The monoisotopic (exact) mass is 224 g/mol. The zero-order chi connectivity index (χ0) is 12.1. The summed E-state index contributed by atoms with van der Waals surface area (Å²) in [6.07, 6.45) is -0.954. The maximum absolute atomic E-state index is 9.44. The number of aliphatic hydroxyl groups excluding tert-OH is 3. The molecule has 0 aliphatic carbocycles. The third-order valence-corrected chi connectivity index (χ3v) is 0.960. The van der Waals surface area contributed by atoms with Crippen molar-refractivity contribution >= 4 is 5.78 Å². The normalized spacial score (nSPS) is 13.7. The largest absolute Gasteiger partial charge is 0.394 e. The fraction of sp³-hybridized carbons (Fsp3) is 0.889. The van der Waals surface area contributed by atoms with Gasteiger partial charge in [0.2, 0.25) is 0 Å². The lowest BCUT2D eigenvalue weighted by atomic mass is 10.4. The molecule has 1 aliphatic heterocycles. The van der Waals surface area contributed by atoms with Crippen molar-refractivity contribution in [1.29, 1.82) is 0 Å². The molecule has 1 saturated heterocycles. The van der Waals surface area contributed by atoms with Gasteiger partial charge in [-0.25, -0.2) is 0 Å². The summed E-state index contributed by atoms with van der Waals surface area (Å²) in [5, 5.41) is 24.0. The average molecular weight is 224 g/mol. The van der Waals surface area contributed by atoms with Gasteiger partial charge in [0.1, 0.15) is 18.7 Å². The highest BCUT2D eigenvalue weighted by Gasteiger charge is 1.94. The molecule has 0 unspecified atom stereocenters. The molecule has 0 aromatic rings. The Morgan fingerprint density at radius 2 is 1.53 bits per heavy atom. The molecular formula is C9H20O6. The predicted molar refractivity (Wildman–Crippen MR) is 53.3 cm³/mol. The van der Waals surface area contributed by atoms with E-state index in [0.29, 0.717) is 6.79 Å². The second-order valence-corrected chi connectivity index (χ2v) is 2.86. The second-order valence-electron chi connectivity index (χ2n) is 2.86. The van der Waals surface area contributed by atoms with Crippen molar-refractivity contribution < 1.29 is 29.6 Å². The molecule has 0 atom stereocenters. The zero-order valence-electron chi connectivity index (χ0n) is 9.18. The van der Waals surface area contributed by atoms with Gasteiger partial charge in [-0.05, 0) is 13.8 Å². The van der Waals surface area contributed by atoms with Crippen molar-refractivity contribution in [3.05, 3.63) is 0 Å². The van der Waals surface area contributed by atoms with Gasteiger partial charge in [0.15, 0.2) is 0 Å². The molecule has 0 amide bonds. The number of ether oxygens (including phenoxy) is 2. The Morgan fingerprint density at radius 3 is 1.60 bits per heavy atom. The van der Waals surface area contributed by atoms with Gasteiger partial charge in [0, 0.05) is 0 Å². The van der Waals surface area contributed by atoms with E-state index in [1.807, 2.05) is 0 Å². The van der Waals surface area contributed by atoms with E-state index in [4.69, 9.17) is 24.8 Å². The summed E-state index contributed by atoms with van der Waals surface area (Å²) in [7, 11) is 0. The first-order chi connectivity index (χ1) is 7.04. The van der Waals surface area contributed by atoms with Crippen molar-refractivity contribution in [2.75, 3.05) is 33.2 Å². The van der Waals surface area contributed by atoms with Gasteiger partial charge >= 0.3 is 0 Å². The Kier molecular flexibility index (Phi) is 15.2. The summed E-state index contributed by atoms with van der Waals surface area (Å²) >= 11 is 0. The Labute approximate surface area is 89.4 Å². The van der Waals surface area contributed by atoms with Crippen LogP contribution in [0.1, 0.15) is 13.8 Å². The second kappa shape index (κ2) is 13.5. The van der Waals surface area contributed by atoms with Gasteiger partial charge in [-0.3, -0.25) is 0 Å². The number of aliphatic hydroxyl groups is 3. The highest BCUT2D eigenvalue weighted by molar-refractivity contribution is 5.72. The van der Waals surface area contributed by atoms with E-state index in [-0.39, 0.29) is 19.0 Å². The summed E-state index contributed by atoms with van der Waals surface area (Å²) < 4.78 is 9.44. The molecule has 1 aliphatic rings. The van der Waals surface area contributed by atoms with Gasteiger partial charge in [-0.2, -0.15) is 0 Å². The maximum Gasteiger partial charge on any atom is 0.146 e. The molecule has 92 valence electrons. The molecule has 15 heavy (non-hydrogen) atoms. The van der Waals surface area contributed by atoms with Gasteiger partial charge in [0.25, 0.3) is 0 Å². The molecule has 1 rings (SSSR count). The van der Waals surface area contributed by atoms with Crippen LogP contribution in [-0.2, 0) is 14.3 Å². The summed E-state index contributed by atoms with van der Waals surface area (Å²) in [4.78, 5) is 9.44. The van der Waals surface area contributed by atoms with Crippen molar-refractivity contribution in [3.8, 4) is 0 Å². The number of carbonyl (C=O) groups is 1. The quantitative estimate of drug-likeness (QED) is 0.552. The molecule has 0 aromatic heterocycles. The van der Waals surface area contributed by atoms with E-state index in [2.05, 4.69) is 0 Å². The van der Waals surface area contributed by atoms with Crippen LogP contribution < -0.4 is 0 Å². The van der Waals surface area contributed by atoms with Crippen LogP contribution in [0.15, 0.2) is 0 Å². The van der Waals surface area contributed by atoms with Crippen LogP contribution in [0.4, 0.5) is 0 Å². The summed E-state index contributed by atoms with van der Waals surface area (Å²) in [6.45, 7) is 4.38. The topological polar surface area (TPSA) is 96.2 Å². The van der Waals surface area contributed by atoms with Crippen molar-refractivity contribution in [2.24, 2.45) is 0 Å². The molecule has 6 nitrogen and oxygen atoms in total. The van der Waals surface area contributed by atoms with Gasteiger partial charge in [-0.15, -0.1) is 0 Å². The van der Waals surface area contributed by atoms with Crippen molar-refractivity contribution in [3.63, 3.8) is 0 Å². The number of Topliss-reactive ketones (excluding diaryl/α,β-unsaturated/α-hetero) is 1. The fourth-order valence-corrected chi connectivity index (χ4v) is 0.352. The molecule has 0 bridgehead atoms. The van der Waals surface area contributed by atoms with E-state index in [1.54, 1.807) is 0 Å². The Morgan fingerprint density at radius 1 is 1.20 bits per heavy atom. The minimum absolute atomic E-state index is 0.167. The molecule has 1 fully saturated rings. The molecule has 1 heterocycles. The lowest BCUT2D eigenvalue weighted by Gasteiger charge is -1.96. The van der Waals surface area contributed by atoms with Gasteiger partial charge in [0.05, 0.1) is 26.4 Å². The van der Waals surface area contributed by atoms with Crippen LogP contribution in [0, 0.1) is 0 Å². The van der Waals surface area contributed by atoms with Crippen LogP contribution in [-0.4, -0.2) is 60.4 Å². The highest BCUT2D eigenvalue weighted by Crippen LogP contribution is 1.85. The third-order valence-electron chi connectivity index (χ3n) is 0.960. The number of carbonyl (C=O) groups excluding carboxylic acids is 1. The van der Waals surface area contributed by atoms with Crippen LogP contribution >= 0.6 is 0 Å². The molecule has 0 radical (unpaired) electrons. The highest BCUT2D eigenvalue weighted by atomic mass is 16.7. The molecular weight excluding hydrogens is 204 g/mol. The summed E-state index contributed by atoms with van der Waals surface area (Å²) in [5.74, 6) is 0.167. The van der Waals surface area contributed by atoms with Gasteiger partial charge in [-0.1, -0.05) is 0 Å². The van der Waals surface area contributed by atoms with E-state index in [0.717, 1.165) is 13.2 Å². The number of ketones is 1. The predicted octanol–water partition coefficient (Wildman–Crippen LogP) is -1.08. The van der Waals surface area contributed by atoms with Crippen molar-refractivity contribution in [2.45, 2.75) is 20.0 Å². The van der Waals surface area contributed by atoms with Gasteiger partial charge < -0.3 is 29.6 Å². The number of rotatable bonds is 2. The van der Waals surface area contributed by atoms with E-state index in [9.17, 15) is 4.79 Å². The minimum atomic E-state index is -0.954. The molecule has 0 spiro atoms. The van der Waals surface area contributed by atoms with E-state index < -0.39 is 6.10 Å². The molecule has 3 N–H and O–H groups in total. The maximum atomic E-state index is 9.44. The first-order valence-electron chi connectivity index (χ1n) is 4.57. The molecule has 0 saturated carbocycles. The summed E-state index contributed by atoms with van der Waals surface area (Å²) in [5.41, 5.74) is 0. The average Bonchev–Trinajstić information content (AvgIpc) is 2.73. The third kappa shape index (κ3) is 24.7. The fourth-order valence-electron chi connectivity index (χ4n) is 0.352. The Bertz CT molecular complexity index is 119. The van der Waals surface area contributed by atoms with E-state index in [1.165, 1.54) is 13.8 Å². The summed E-state index contributed by atoms with van der Waals surface area (Å²) in [6, 6.07) is 0. The van der Waals surface area contributed by atoms with Crippen LogP contribution in [0.2, 0.25) is 0 Å².